The Morgan fingerprint density at radius 1 is 1.27 bits per heavy atom. The number of benzene rings is 1. The second-order valence-electron chi connectivity index (χ2n) is 6.01. The van der Waals surface area contributed by atoms with Crippen LogP contribution in [-0.2, 0) is 0 Å². The molecule has 1 amide bonds. The number of carbonyl (C=O) groups excluding carboxylic acids is 1. The average molecular weight is 375 g/mol. The fourth-order valence-corrected chi connectivity index (χ4v) is 3.16. The van der Waals surface area contributed by atoms with Gasteiger partial charge in [-0.3, -0.25) is 4.79 Å². The Morgan fingerprint density at radius 3 is 2.69 bits per heavy atom. The lowest BCUT2D eigenvalue weighted by Crippen LogP contribution is -2.39. The van der Waals surface area contributed by atoms with Crippen LogP contribution in [0.1, 0.15) is 41.7 Å². The third-order valence-corrected chi connectivity index (χ3v) is 4.55. The van der Waals surface area contributed by atoms with Crippen LogP contribution < -0.4 is 10.1 Å². The number of ether oxygens (including phenoxy) is 1. The Balaban J connectivity index is 1.54. The molecule has 1 aromatic carbocycles. The van der Waals surface area contributed by atoms with Crippen LogP contribution in [0.4, 0.5) is 4.39 Å². The van der Waals surface area contributed by atoms with Gasteiger partial charge in [0.25, 0.3) is 11.8 Å². The summed E-state index contributed by atoms with van der Waals surface area (Å²) < 4.78 is 18.9. The highest BCUT2D eigenvalue weighted by atomic mass is 35.5. The Labute approximate surface area is 155 Å². The summed E-state index contributed by atoms with van der Waals surface area (Å²) in [5.74, 6) is -0.564. The van der Waals surface area contributed by atoms with E-state index in [4.69, 9.17) is 21.6 Å². The van der Waals surface area contributed by atoms with E-state index in [0.717, 1.165) is 18.9 Å². The van der Waals surface area contributed by atoms with E-state index in [1.807, 2.05) is 6.07 Å². The van der Waals surface area contributed by atoms with Gasteiger partial charge >= 0.3 is 0 Å². The maximum absolute atomic E-state index is 13.1. The molecule has 1 N–H and O–H groups in total. The number of halogens is 2. The van der Waals surface area contributed by atoms with Crippen LogP contribution in [0.2, 0.25) is 5.02 Å². The molecule has 26 heavy (non-hydrogen) atoms. The van der Waals surface area contributed by atoms with Gasteiger partial charge in [-0.25, -0.2) is 14.4 Å². The molecule has 0 aliphatic heterocycles. The second-order valence-corrected chi connectivity index (χ2v) is 6.42. The van der Waals surface area contributed by atoms with Crippen molar-refractivity contribution in [3.63, 3.8) is 0 Å². The molecule has 1 fully saturated rings. The van der Waals surface area contributed by atoms with E-state index < -0.39 is 5.82 Å². The van der Waals surface area contributed by atoms with Gasteiger partial charge in [0.05, 0.1) is 10.6 Å². The molecule has 0 bridgehead atoms. The van der Waals surface area contributed by atoms with Crippen LogP contribution in [0.25, 0.3) is 0 Å². The predicted molar refractivity (Wildman–Crippen MR) is 92.3 cm³/mol. The first-order chi connectivity index (χ1) is 12.6. The minimum atomic E-state index is -0.482. The zero-order chi connectivity index (χ0) is 18.5. The van der Waals surface area contributed by atoms with E-state index in [1.54, 1.807) is 0 Å². The Morgan fingerprint density at radius 2 is 2.00 bits per heavy atom. The van der Waals surface area contributed by atoms with E-state index in [1.165, 1.54) is 24.5 Å². The Hall–Kier alpha value is -2.72. The highest BCUT2D eigenvalue weighted by molar-refractivity contribution is 6.33. The molecule has 1 aromatic heterocycles. The molecule has 0 radical (unpaired) electrons. The topological polar surface area (TPSA) is 87.9 Å². The van der Waals surface area contributed by atoms with Crippen molar-refractivity contribution in [2.24, 2.45) is 0 Å². The van der Waals surface area contributed by atoms with Crippen LogP contribution in [0, 0.1) is 17.1 Å². The molecule has 6 nitrogen and oxygen atoms in total. The smallest absolute Gasteiger partial charge is 0.253 e. The molecule has 134 valence electrons. The first kappa shape index (κ1) is 18.1. The number of hydrogen-bond acceptors (Lipinski definition) is 5. The summed E-state index contributed by atoms with van der Waals surface area (Å²) in [6, 6.07) is 5.64. The van der Waals surface area contributed by atoms with Crippen molar-refractivity contribution >= 4 is 17.5 Å². The van der Waals surface area contributed by atoms with E-state index in [-0.39, 0.29) is 40.2 Å². The zero-order valence-corrected chi connectivity index (χ0v) is 14.5. The largest absolute Gasteiger partial charge is 0.472 e. The van der Waals surface area contributed by atoms with E-state index in [2.05, 4.69) is 15.3 Å². The monoisotopic (exact) mass is 374 g/mol. The molecule has 0 atom stereocenters. The Kier molecular flexibility index (Phi) is 5.64. The quantitative estimate of drug-likeness (QED) is 0.887. The van der Waals surface area contributed by atoms with Gasteiger partial charge in [-0.2, -0.15) is 5.26 Å². The lowest BCUT2D eigenvalue weighted by molar-refractivity contribution is 0.0889. The normalized spacial score (nSPS) is 19.4. The molecule has 0 saturated heterocycles. The van der Waals surface area contributed by atoms with E-state index in [0.29, 0.717) is 12.8 Å². The van der Waals surface area contributed by atoms with Gasteiger partial charge in [-0.05, 0) is 43.9 Å². The second kappa shape index (κ2) is 8.11. The van der Waals surface area contributed by atoms with Crippen molar-refractivity contribution in [3.8, 4) is 11.9 Å². The first-order valence-electron chi connectivity index (χ1n) is 8.20. The maximum Gasteiger partial charge on any atom is 0.253 e. The number of rotatable bonds is 4. The van der Waals surface area contributed by atoms with Crippen molar-refractivity contribution in [3.05, 3.63) is 52.7 Å². The van der Waals surface area contributed by atoms with Crippen LogP contribution in [0.3, 0.4) is 0 Å². The number of nitrogens with zero attached hydrogens (tertiary/aromatic N) is 3. The van der Waals surface area contributed by atoms with Gasteiger partial charge < -0.3 is 10.1 Å². The van der Waals surface area contributed by atoms with Gasteiger partial charge in [-0.15, -0.1) is 0 Å². The Bertz CT molecular complexity index is 847. The average Bonchev–Trinajstić information content (AvgIpc) is 2.63. The van der Waals surface area contributed by atoms with Gasteiger partial charge in [0, 0.05) is 18.4 Å². The molecule has 2 aromatic rings. The third kappa shape index (κ3) is 4.27. The van der Waals surface area contributed by atoms with Crippen molar-refractivity contribution < 1.29 is 13.9 Å². The van der Waals surface area contributed by atoms with Crippen molar-refractivity contribution in [1.82, 2.24) is 15.3 Å². The molecule has 1 aliphatic rings. The van der Waals surface area contributed by atoms with Gasteiger partial charge in [-0.1, -0.05) is 11.6 Å². The molecule has 0 unspecified atom stereocenters. The standard InChI is InChI=1S/C18H16ClFN4O2/c19-15-9-11(20)1-6-14(15)17(25)24-12-2-4-13(5-3-12)26-18-16(10-21)22-7-8-23-18/h1,6-9,12-13H,2-5H2,(H,24,25). The number of carbonyl (C=O) groups is 1. The summed E-state index contributed by atoms with van der Waals surface area (Å²) in [6.07, 6.45) is 5.70. The minimum Gasteiger partial charge on any atom is -0.472 e. The van der Waals surface area contributed by atoms with Gasteiger partial charge in [0.1, 0.15) is 18.0 Å². The number of hydrogen-bond donors (Lipinski definition) is 1. The van der Waals surface area contributed by atoms with Crippen molar-refractivity contribution in [2.75, 3.05) is 0 Å². The van der Waals surface area contributed by atoms with Crippen LogP contribution in [-0.4, -0.2) is 28.0 Å². The zero-order valence-electron chi connectivity index (χ0n) is 13.8. The predicted octanol–water partition coefficient (Wildman–Crippen LogP) is 3.26. The van der Waals surface area contributed by atoms with E-state index >= 15 is 0 Å². The lowest BCUT2D eigenvalue weighted by Gasteiger charge is -2.29. The summed E-state index contributed by atoms with van der Waals surface area (Å²) in [5.41, 5.74) is 0.415. The molecule has 8 heteroatoms. The molecular formula is C18H16ClFN4O2. The molecule has 1 heterocycles. The van der Waals surface area contributed by atoms with Crippen molar-refractivity contribution in [2.45, 2.75) is 37.8 Å². The number of amides is 1. The fourth-order valence-electron chi connectivity index (χ4n) is 2.91. The third-order valence-electron chi connectivity index (χ3n) is 4.23. The number of aromatic nitrogens is 2. The van der Waals surface area contributed by atoms with Crippen molar-refractivity contribution in [1.29, 1.82) is 5.26 Å². The number of nitrogens with one attached hydrogen (secondary N) is 1. The SMILES string of the molecule is N#Cc1nccnc1OC1CCC(NC(=O)c2ccc(F)cc2Cl)CC1. The molecule has 1 saturated carbocycles. The van der Waals surface area contributed by atoms with Crippen LogP contribution >= 0.6 is 11.6 Å². The van der Waals surface area contributed by atoms with Crippen LogP contribution in [0.15, 0.2) is 30.6 Å². The first-order valence-corrected chi connectivity index (χ1v) is 8.58. The van der Waals surface area contributed by atoms with Crippen LogP contribution in [0.5, 0.6) is 5.88 Å². The number of nitriles is 1. The van der Waals surface area contributed by atoms with Gasteiger partial charge in [0.2, 0.25) is 5.69 Å². The lowest BCUT2D eigenvalue weighted by atomic mass is 9.92. The molecule has 1 aliphatic carbocycles. The fraction of sp³-hybridized carbons (Fsp3) is 0.333. The van der Waals surface area contributed by atoms with E-state index in [9.17, 15) is 9.18 Å². The molecular weight excluding hydrogens is 359 g/mol. The highest BCUT2D eigenvalue weighted by Crippen LogP contribution is 2.25. The summed E-state index contributed by atoms with van der Waals surface area (Å²) in [5, 5.41) is 12.0. The summed E-state index contributed by atoms with van der Waals surface area (Å²) in [6.45, 7) is 0. The highest BCUT2D eigenvalue weighted by Gasteiger charge is 2.25. The minimum absolute atomic E-state index is 0.0132. The molecule has 3 rings (SSSR count). The summed E-state index contributed by atoms with van der Waals surface area (Å²) in [7, 11) is 0. The molecule has 0 spiro atoms. The van der Waals surface area contributed by atoms with Gasteiger partial charge in [0.15, 0.2) is 0 Å². The maximum atomic E-state index is 13.1. The summed E-state index contributed by atoms with van der Waals surface area (Å²) in [4.78, 5) is 20.3. The summed E-state index contributed by atoms with van der Waals surface area (Å²) >= 11 is 5.92.